The van der Waals surface area contributed by atoms with E-state index in [1.165, 1.54) is 0 Å². The second-order valence-corrected chi connectivity index (χ2v) is 8.53. The monoisotopic (exact) mass is 437 g/mol. The van der Waals surface area contributed by atoms with Gasteiger partial charge in [0, 0.05) is 55.7 Å². The third kappa shape index (κ3) is 4.64. The maximum absolute atomic E-state index is 13.1. The van der Waals surface area contributed by atoms with Crippen LogP contribution in [-0.2, 0) is 9.47 Å². The van der Waals surface area contributed by atoms with Gasteiger partial charge in [-0.05, 0) is 44.5 Å². The van der Waals surface area contributed by atoms with Crippen molar-refractivity contribution in [2.24, 2.45) is 0 Å². The number of fused-ring (bicyclic) bond motifs is 1. The van der Waals surface area contributed by atoms with Crippen molar-refractivity contribution in [1.82, 2.24) is 9.80 Å². The molecule has 2 amide bonds. The number of nitrogens with zero attached hydrogens (tertiary/aromatic N) is 2. The predicted octanol–water partition coefficient (Wildman–Crippen LogP) is 3.54. The molecule has 1 saturated heterocycles. The molecule has 2 heterocycles. The van der Waals surface area contributed by atoms with E-state index in [1.807, 2.05) is 72.2 Å². The number of carbonyl (C=O) groups is 2. The first-order chi connectivity index (χ1) is 15.5. The molecule has 0 aliphatic carbocycles. The average molecular weight is 438 g/mol. The lowest BCUT2D eigenvalue weighted by molar-refractivity contribution is -0.0586. The van der Waals surface area contributed by atoms with Gasteiger partial charge in [-0.15, -0.1) is 0 Å². The molecule has 1 fully saturated rings. The highest BCUT2D eigenvalue weighted by atomic mass is 16.5. The van der Waals surface area contributed by atoms with Crippen LogP contribution in [-0.4, -0.2) is 67.2 Å². The molecular weight excluding hydrogens is 406 g/mol. The van der Waals surface area contributed by atoms with Gasteiger partial charge in [-0.2, -0.15) is 0 Å². The van der Waals surface area contributed by atoms with Crippen molar-refractivity contribution in [2.45, 2.75) is 38.6 Å². The average Bonchev–Trinajstić information content (AvgIpc) is 3.04. The number of methoxy groups -OCH3 is 1. The number of anilines is 1. The summed E-state index contributed by atoms with van der Waals surface area (Å²) in [5.41, 5.74) is 3.09. The number of ether oxygens (including phenoxy) is 2. The van der Waals surface area contributed by atoms with Gasteiger partial charge in [0.05, 0.1) is 12.2 Å². The predicted molar refractivity (Wildman–Crippen MR) is 123 cm³/mol. The lowest BCUT2D eigenvalue weighted by Crippen LogP contribution is -2.48. The summed E-state index contributed by atoms with van der Waals surface area (Å²) in [6.45, 7) is 6.31. The van der Waals surface area contributed by atoms with E-state index >= 15 is 0 Å². The van der Waals surface area contributed by atoms with Crippen molar-refractivity contribution >= 4 is 17.5 Å². The Morgan fingerprint density at radius 3 is 2.62 bits per heavy atom. The van der Waals surface area contributed by atoms with Crippen molar-refractivity contribution in [1.29, 1.82) is 0 Å². The van der Waals surface area contributed by atoms with Crippen molar-refractivity contribution in [3.05, 3.63) is 65.2 Å². The molecule has 0 bridgehead atoms. The number of morpholine rings is 1. The molecule has 0 saturated carbocycles. The first kappa shape index (κ1) is 22.3. The van der Waals surface area contributed by atoms with Crippen molar-refractivity contribution < 1.29 is 19.1 Å². The zero-order valence-electron chi connectivity index (χ0n) is 18.9. The molecule has 0 spiro atoms. The summed E-state index contributed by atoms with van der Waals surface area (Å²) >= 11 is 0. The SMILES string of the molecule is COCCCN1C(=O)c2ccccc2C1Nc1cccc(C(=O)N2CC(C)OC(C)C2)c1. The molecule has 170 valence electrons. The largest absolute Gasteiger partial charge is 0.385 e. The van der Waals surface area contributed by atoms with Crippen molar-refractivity contribution in [3.8, 4) is 0 Å². The van der Waals surface area contributed by atoms with E-state index in [0.29, 0.717) is 37.4 Å². The Morgan fingerprint density at radius 2 is 1.88 bits per heavy atom. The van der Waals surface area contributed by atoms with Gasteiger partial charge in [0.25, 0.3) is 11.8 Å². The van der Waals surface area contributed by atoms with E-state index in [4.69, 9.17) is 9.47 Å². The number of carbonyl (C=O) groups excluding carboxylic acids is 2. The van der Waals surface area contributed by atoms with Crippen molar-refractivity contribution in [2.75, 3.05) is 38.7 Å². The van der Waals surface area contributed by atoms with E-state index in [9.17, 15) is 9.59 Å². The molecule has 2 aromatic carbocycles. The Labute approximate surface area is 189 Å². The molecule has 3 unspecified atom stereocenters. The maximum atomic E-state index is 13.1. The summed E-state index contributed by atoms with van der Waals surface area (Å²) < 4.78 is 10.9. The number of benzene rings is 2. The number of hydrogen-bond acceptors (Lipinski definition) is 5. The molecule has 0 radical (unpaired) electrons. The second-order valence-electron chi connectivity index (χ2n) is 8.53. The summed E-state index contributed by atoms with van der Waals surface area (Å²) in [6, 6.07) is 15.2. The molecular formula is C25H31N3O4. The molecule has 2 aliphatic rings. The van der Waals surface area contributed by atoms with Crippen LogP contribution in [0.25, 0.3) is 0 Å². The van der Waals surface area contributed by atoms with Gasteiger partial charge >= 0.3 is 0 Å². The third-order valence-electron chi connectivity index (χ3n) is 5.93. The first-order valence-corrected chi connectivity index (χ1v) is 11.2. The molecule has 0 aromatic heterocycles. The lowest BCUT2D eigenvalue weighted by atomic mass is 10.1. The van der Waals surface area contributed by atoms with Gasteiger partial charge in [0.2, 0.25) is 0 Å². The second kappa shape index (κ2) is 9.71. The van der Waals surface area contributed by atoms with Crippen LogP contribution in [0.1, 0.15) is 52.7 Å². The smallest absolute Gasteiger partial charge is 0.256 e. The number of nitrogens with one attached hydrogen (secondary N) is 1. The Balaban J connectivity index is 1.55. The highest BCUT2D eigenvalue weighted by Crippen LogP contribution is 2.34. The van der Waals surface area contributed by atoms with E-state index in [2.05, 4.69) is 5.32 Å². The standard InChI is InChI=1S/C25H31N3O4/c1-17-15-27(16-18(2)32-17)24(29)19-8-6-9-20(14-19)26-23-21-10-4-5-11-22(21)25(30)28(23)12-7-13-31-3/h4-6,8-11,14,17-18,23,26H,7,12-13,15-16H2,1-3H3. The zero-order valence-corrected chi connectivity index (χ0v) is 18.9. The summed E-state index contributed by atoms with van der Waals surface area (Å²) in [5, 5.41) is 3.49. The van der Waals surface area contributed by atoms with Crippen LogP contribution in [0.3, 0.4) is 0 Å². The van der Waals surface area contributed by atoms with E-state index in [0.717, 1.165) is 17.7 Å². The molecule has 2 aromatic rings. The zero-order chi connectivity index (χ0) is 22.7. The molecule has 2 aliphatic heterocycles. The summed E-state index contributed by atoms with van der Waals surface area (Å²) in [5.74, 6) is 0.00762. The highest BCUT2D eigenvalue weighted by Gasteiger charge is 2.36. The molecule has 3 atom stereocenters. The number of amides is 2. The third-order valence-corrected chi connectivity index (χ3v) is 5.93. The lowest BCUT2D eigenvalue weighted by Gasteiger charge is -2.35. The molecule has 7 nitrogen and oxygen atoms in total. The first-order valence-electron chi connectivity index (χ1n) is 11.2. The minimum absolute atomic E-state index is 0.00417. The topological polar surface area (TPSA) is 71.1 Å². The van der Waals surface area contributed by atoms with Crippen LogP contribution in [0.4, 0.5) is 5.69 Å². The van der Waals surface area contributed by atoms with E-state index in [1.54, 1.807) is 7.11 Å². The Morgan fingerprint density at radius 1 is 1.12 bits per heavy atom. The quantitative estimate of drug-likeness (QED) is 0.671. The van der Waals surface area contributed by atoms with Gasteiger partial charge in [-0.25, -0.2) is 0 Å². The van der Waals surface area contributed by atoms with Crippen LogP contribution in [0.5, 0.6) is 0 Å². The van der Waals surface area contributed by atoms with Crippen LogP contribution in [0.15, 0.2) is 48.5 Å². The van der Waals surface area contributed by atoms with Gasteiger partial charge in [0.15, 0.2) is 0 Å². The molecule has 32 heavy (non-hydrogen) atoms. The normalized spacial score (nSPS) is 22.7. The Kier molecular flexibility index (Phi) is 6.77. The summed E-state index contributed by atoms with van der Waals surface area (Å²) in [7, 11) is 1.66. The molecule has 1 N–H and O–H groups in total. The Bertz CT molecular complexity index is 969. The fourth-order valence-electron chi connectivity index (χ4n) is 4.56. The minimum atomic E-state index is -0.288. The van der Waals surface area contributed by atoms with Crippen LogP contribution in [0.2, 0.25) is 0 Å². The summed E-state index contributed by atoms with van der Waals surface area (Å²) in [4.78, 5) is 29.8. The van der Waals surface area contributed by atoms with Crippen LogP contribution < -0.4 is 5.32 Å². The van der Waals surface area contributed by atoms with Gasteiger partial charge in [0.1, 0.15) is 6.17 Å². The number of hydrogen-bond donors (Lipinski definition) is 1. The highest BCUT2D eigenvalue weighted by molar-refractivity contribution is 5.99. The van der Waals surface area contributed by atoms with Crippen LogP contribution >= 0.6 is 0 Å². The minimum Gasteiger partial charge on any atom is -0.385 e. The van der Waals surface area contributed by atoms with Gasteiger partial charge in [-0.3, -0.25) is 9.59 Å². The molecule has 7 heteroatoms. The van der Waals surface area contributed by atoms with E-state index < -0.39 is 0 Å². The fourth-order valence-corrected chi connectivity index (χ4v) is 4.56. The van der Waals surface area contributed by atoms with Gasteiger partial charge < -0.3 is 24.6 Å². The number of rotatable bonds is 7. The Hall–Kier alpha value is -2.90. The van der Waals surface area contributed by atoms with Crippen LogP contribution in [0, 0.1) is 0 Å². The fraction of sp³-hybridized carbons (Fsp3) is 0.440. The maximum Gasteiger partial charge on any atom is 0.256 e. The van der Waals surface area contributed by atoms with Gasteiger partial charge in [-0.1, -0.05) is 24.3 Å². The van der Waals surface area contributed by atoms with E-state index in [-0.39, 0.29) is 30.2 Å². The molecule has 4 rings (SSSR count). The summed E-state index contributed by atoms with van der Waals surface area (Å²) in [6.07, 6.45) is 0.501. The van der Waals surface area contributed by atoms with Crippen molar-refractivity contribution in [3.63, 3.8) is 0 Å².